The second-order valence-corrected chi connectivity index (χ2v) is 14.3. The molecule has 0 bridgehead atoms. The summed E-state index contributed by atoms with van der Waals surface area (Å²) in [6, 6.07) is 53.2. The number of aromatic nitrogens is 2. The van der Waals surface area contributed by atoms with Gasteiger partial charge in [-0.15, -0.1) is 0 Å². The van der Waals surface area contributed by atoms with Crippen molar-refractivity contribution in [2.45, 2.75) is 38.5 Å². The van der Waals surface area contributed by atoms with Gasteiger partial charge in [0.2, 0.25) is 0 Å². The second-order valence-electron chi connectivity index (χ2n) is 14.3. The molecular weight excluding hydrogens is 611 g/mol. The van der Waals surface area contributed by atoms with Crippen LogP contribution in [0.3, 0.4) is 0 Å². The summed E-state index contributed by atoms with van der Waals surface area (Å²) in [6.45, 7) is 9.40. The molecule has 2 heterocycles. The number of anilines is 3. The van der Waals surface area contributed by atoms with Gasteiger partial charge in [0.1, 0.15) is 0 Å². The van der Waals surface area contributed by atoms with E-state index < -0.39 is 0 Å². The van der Waals surface area contributed by atoms with Crippen molar-refractivity contribution in [2.24, 2.45) is 0 Å². The summed E-state index contributed by atoms with van der Waals surface area (Å²) in [5.41, 5.74) is 13.0. The summed E-state index contributed by atoms with van der Waals surface area (Å²) < 4.78 is 6.32. The lowest BCUT2D eigenvalue weighted by Gasteiger charge is -2.45. The third-order valence-electron chi connectivity index (χ3n) is 10.5. The zero-order chi connectivity index (χ0) is 34.0. The Morgan fingerprint density at radius 3 is 1.48 bits per heavy atom. The van der Waals surface area contributed by atoms with E-state index in [4.69, 9.17) is 14.7 Å². The highest BCUT2D eigenvalue weighted by Crippen LogP contribution is 2.54. The van der Waals surface area contributed by atoms with Gasteiger partial charge in [0.05, 0.1) is 22.8 Å². The Balaban J connectivity index is 1.17. The zero-order valence-electron chi connectivity index (χ0n) is 28.7. The minimum atomic E-state index is -0.255. The Bertz CT molecular complexity index is 2310. The Kier molecular flexibility index (Phi) is 6.79. The number of para-hydroxylation sites is 4. The van der Waals surface area contributed by atoms with Crippen molar-refractivity contribution in [3.8, 4) is 45.4 Å². The minimum Gasteiger partial charge on any atom is -0.453 e. The number of fused-ring (bicyclic) bond motifs is 4. The highest BCUT2D eigenvalue weighted by Gasteiger charge is 2.42. The molecule has 0 amide bonds. The third kappa shape index (κ3) is 4.74. The summed E-state index contributed by atoms with van der Waals surface area (Å²) >= 11 is 0. The van der Waals surface area contributed by atoms with Gasteiger partial charge in [-0.2, -0.15) is 0 Å². The molecule has 0 radical (unpaired) electrons. The van der Waals surface area contributed by atoms with Gasteiger partial charge in [0.25, 0.3) is 0 Å². The van der Waals surface area contributed by atoms with E-state index >= 15 is 0 Å². The molecule has 0 unspecified atom stereocenters. The molecule has 0 saturated heterocycles. The Morgan fingerprint density at radius 1 is 0.440 bits per heavy atom. The molecule has 0 N–H and O–H groups in total. The molecule has 50 heavy (non-hydrogen) atoms. The van der Waals surface area contributed by atoms with Crippen molar-refractivity contribution in [3.05, 3.63) is 174 Å². The lowest BCUT2D eigenvalue weighted by molar-refractivity contribution is 0.477. The molecule has 4 heteroatoms. The predicted molar refractivity (Wildman–Crippen MR) is 204 cm³/mol. The molecule has 7 aromatic rings. The van der Waals surface area contributed by atoms with Crippen LogP contribution in [0.5, 0.6) is 11.5 Å². The lowest BCUT2D eigenvalue weighted by Crippen LogP contribution is -2.36. The zero-order valence-corrected chi connectivity index (χ0v) is 28.7. The average Bonchev–Trinajstić information content (AvgIpc) is 3.16. The Hall–Kier alpha value is -6.00. The van der Waals surface area contributed by atoms with Crippen molar-refractivity contribution in [3.63, 3.8) is 0 Å². The van der Waals surface area contributed by atoms with Crippen LogP contribution in [-0.4, -0.2) is 9.97 Å². The van der Waals surface area contributed by atoms with E-state index in [1.54, 1.807) is 0 Å². The van der Waals surface area contributed by atoms with E-state index in [1.807, 2.05) is 36.4 Å². The van der Waals surface area contributed by atoms with Crippen molar-refractivity contribution >= 4 is 17.1 Å². The molecule has 1 aliphatic carbocycles. The van der Waals surface area contributed by atoms with E-state index in [9.17, 15) is 0 Å². The van der Waals surface area contributed by atoms with Gasteiger partial charge in [-0.05, 0) is 70.8 Å². The highest BCUT2D eigenvalue weighted by molar-refractivity contribution is 5.87. The van der Waals surface area contributed by atoms with Crippen LogP contribution in [0.2, 0.25) is 0 Å². The first kappa shape index (κ1) is 30.1. The molecule has 0 atom stereocenters. The van der Waals surface area contributed by atoms with Gasteiger partial charge >= 0.3 is 0 Å². The third-order valence-corrected chi connectivity index (χ3v) is 10.5. The van der Waals surface area contributed by atoms with E-state index in [-0.39, 0.29) is 10.8 Å². The van der Waals surface area contributed by atoms with Crippen LogP contribution >= 0.6 is 0 Å². The number of benzene rings is 6. The molecule has 2 aliphatic rings. The smallest absolute Gasteiger partial charge is 0.160 e. The van der Waals surface area contributed by atoms with Gasteiger partial charge in [-0.1, -0.05) is 131 Å². The standard InChI is InChI=1S/C46H37N3O/c1-45(2)35-26-24-33(49-40-19-11-13-21-42(40)50-43-22-14-12-20-41(43)49)28-37(35)46(3,4)34-25-23-32(27-36(34)45)44-47-38(30-15-7-5-8-16-30)29-39(48-44)31-17-9-6-10-18-31/h5-29H,1-4H3. The van der Waals surface area contributed by atoms with Crippen molar-refractivity contribution in [1.29, 1.82) is 0 Å². The highest BCUT2D eigenvalue weighted by atomic mass is 16.5. The maximum atomic E-state index is 6.32. The molecule has 0 fully saturated rings. The SMILES string of the molecule is CC1(C)c2ccc(N3c4ccccc4Oc4ccccc43)cc2C(C)(C)c2ccc(-c3nc(-c4ccccc4)cc(-c4ccccc4)n3)cc21. The monoisotopic (exact) mass is 647 g/mol. The number of nitrogens with zero attached hydrogens (tertiary/aromatic N) is 3. The molecule has 242 valence electrons. The van der Waals surface area contributed by atoms with Gasteiger partial charge in [0, 0.05) is 33.2 Å². The van der Waals surface area contributed by atoms with Gasteiger partial charge in [0.15, 0.2) is 17.3 Å². The fraction of sp³-hybridized carbons (Fsp3) is 0.130. The largest absolute Gasteiger partial charge is 0.453 e. The molecule has 0 spiro atoms. The van der Waals surface area contributed by atoms with E-state index in [0.29, 0.717) is 0 Å². The number of hydrogen-bond acceptors (Lipinski definition) is 4. The van der Waals surface area contributed by atoms with Crippen LogP contribution in [0, 0.1) is 0 Å². The normalized spacial score (nSPS) is 14.8. The van der Waals surface area contributed by atoms with Crippen LogP contribution in [0.25, 0.3) is 33.9 Å². The quantitative estimate of drug-likeness (QED) is 0.191. The molecule has 1 aromatic heterocycles. The minimum absolute atomic E-state index is 0.248. The van der Waals surface area contributed by atoms with Crippen molar-refractivity contribution < 1.29 is 4.74 Å². The summed E-state index contributed by atoms with van der Waals surface area (Å²) in [5.74, 6) is 2.44. The predicted octanol–water partition coefficient (Wildman–Crippen LogP) is 12.0. The molecule has 4 nitrogen and oxygen atoms in total. The van der Waals surface area contributed by atoms with Crippen LogP contribution in [0.1, 0.15) is 49.9 Å². The molecular formula is C46H37N3O. The van der Waals surface area contributed by atoms with Crippen LogP contribution in [0.4, 0.5) is 17.1 Å². The first-order valence-corrected chi connectivity index (χ1v) is 17.3. The Morgan fingerprint density at radius 2 is 0.920 bits per heavy atom. The first-order valence-electron chi connectivity index (χ1n) is 17.3. The number of rotatable bonds is 4. The van der Waals surface area contributed by atoms with Gasteiger partial charge in [-0.25, -0.2) is 9.97 Å². The summed E-state index contributed by atoms with van der Waals surface area (Å²) in [6.07, 6.45) is 0. The molecule has 6 aromatic carbocycles. The molecule has 9 rings (SSSR count). The molecule has 0 saturated carbocycles. The fourth-order valence-corrected chi connectivity index (χ4v) is 7.84. The van der Waals surface area contributed by atoms with Gasteiger partial charge in [-0.3, -0.25) is 0 Å². The maximum absolute atomic E-state index is 6.32. The van der Waals surface area contributed by atoms with E-state index in [0.717, 1.165) is 62.5 Å². The van der Waals surface area contributed by atoms with E-state index in [2.05, 4.69) is 148 Å². The lowest BCUT2D eigenvalue weighted by atomic mass is 9.59. The Labute approximate surface area is 293 Å². The average molecular weight is 648 g/mol. The van der Waals surface area contributed by atoms with E-state index in [1.165, 1.54) is 22.3 Å². The van der Waals surface area contributed by atoms with Crippen LogP contribution in [0.15, 0.2) is 152 Å². The maximum Gasteiger partial charge on any atom is 0.160 e. The summed E-state index contributed by atoms with van der Waals surface area (Å²) in [7, 11) is 0. The fourth-order valence-electron chi connectivity index (χ4n) is 7.84. The number of ether oxygens (including phenoxy) is 1. The van der Waals surface area contributed by atoms with Gasteiger partial charge < -0.3 is 9.64 Å². The molecule has 1 aliphatic heterocycles. The van der Waals surface area contributed by atoms with Crippen molar-refractivity contribution in [2.75, 3.05) is 4.90 Å². The summed E-state index contributed by atoms with van der Waals surface area (Å²) in [4.78, 5) is 12.6. The van der Waals surface area contributed by atoms with Crippen molar-refractivity contribution in [1.82, 2.24) is 9.97 Å². The van der Waals surface area contributed by atoms with Crippen LogP contribution < -0.4 is 9.64 Å². The first-order chi connectivity index (χ1) is 24.3. The second kappa shape index (κ2) is 11.3. The number of hydrogen-bond donors (Lipinski definition) is 0. The van der Waals surface area contributed by atoms with Crippen LogP contribution in [-0.2, 0) is 10.8 Å². The topological polar surface area (TPSA) is 38.2 Å². The summed E-state index contributed by atoms with van der Waals surface area (Å²) in [5, 5.41) is 0.